The van der Waals surface area contributed by atoms with Crippen LogP contribution in [0.5, 0.6) is 5.75 Å². The highest BCUT2D eigenvalue weighted by Crippen LogP contribution is 2.24. The third-order valence-corrected chi connectivity index (χ3v) is 3.72. The van der Waals surface area contributed by atoms with Crippen LogP contribution in [0.15, 0.2) is 48.5 Å². The highest BCUT2D eigenvalue weighted by Gasteiger charge is 2.24. The molecule has 2 aromatic rings. The molecule has 0 unspecified atom stereocenters. The Morgan fingerprint density at radius 2 is 1.79 bits per heavy atom. The molecular weight excluding hydrogens is 330 g/mol. The molecule has 0 spiro atoms. The van der Waals surface area contributed by atoms with Gasteiger partial charge in [0.25, 0.3) is 5.91 Å². The molecule has 0 fully saturated rings. The maximum Gasteiger partial charge on any atom is 0.342 e. The Kier molecular flexibility index (Phi) is 5.82. The summed E-state index contributed by atoms with van der Waals surface area (Å²) in [6, 6.07) is 13.7. The van der Waals surface area contributed by atoms with Gasteiger partial charge in [-0.25, -0.2) is 4.79 Å². The molecule has 5 nitrogen and oxygen atoms in total. The summed E-state index contributed by atoms with van der Waals surface area (Å²) in [4.78, 5) is 26.2. The van der Waals surface area contributed by atoms with E-state index >= 15 is 0 Å². The van der Waals surface area contributed by atoms with E-state index in [4.69, 9.17) is 21.1 Å². The van der Waals surface area contributed by atoms with E-state index in [1.54, 1.807) is 31.3 Å². The number of anilines is 1. The Morgan fingerprint density at radius 1 is 1.12 bits per heavy atom. The molecule has 0 radical (unpaired) electrons. The second-order valence-electron chi connectivity index (χ2n) is 5.12. The second kappa shape index (κ2) is 7.84. The number of carbonyl (C=O) groups excluding carboxylic acids is 2. The molecule has 0 aliphatic rings. The third kappa shape index (κ3) is 4.06. The number of methoxy groups -OCH3 is 1. The largest absolute Gasteiger partial charge is 0.496 e. The summed E-state index contributed by atoms with van der Waals surface area (Å²) in [6.45, 7) is 1.52. The fraction of sp³-hybridized carbons (Fsp3) is 0.222. The smallest absolute Gasteiger partial charge is 0.342 e. The van der Waals surface area contributed by atoms with E-state index < -0.39 is 12.1 Å². The zero-order valence-corrected chi connectivity index (χ0v) is 14.4. The lowest BCUT2D eigenvalue weighted by Gasteiger charge is -2.21. The van der Waals surface area contributed by atoms with Crippen LogP contribution in [-0.2, 0) is 9.53 Å². The molecular formula is C18H18ClNO4. The number of amides is 1. The van der Waals surface area contributed by atoms with Gasteiger partial charge in [-0.2, -0.15) is 0 Å². The van der Waals surface area contributed by atoms with Crippen LogP contribution in [0.2, 0.25) is 5.02 Å². The van der Waals surface area contributed by atoms with Crippen molar-refractivity contribution in [3.8, 4) is 5.75 Å². The first kappa shape index (κ1) is 17.8. The Hall–Kier alpha value is -2.53. The Bertz CT molecular complexity index is 733. The van der Waals surface area contributed by atoms with Crippen molar-refractivity contribution < 1.29 is 19.1 Å². The number of ether oxygens (including phenoxy) is 2. The maximum atomic E-state index is 12.4. The van der Waals surface area contributed by atoms with Crippen LogP contribution < -0.4 is 9.64 Å². The fourth-order valence-electron chi connectivity index (χ4n) is 2.17. The average molecular weight is 348 g/mol. The summed E-state index contributed by atoms with van der Waals surface area (Å²) in [7, 11) is 3.07. The summed E-state index contributed by atoms with van der Waals surface area (Å²) in [5.74, 6) is -0.673. The molecule has 24 heavy (non-hydrogen) atoms. The van der Waals surface area contributed by atoms with E-state index in [1.165, 1.54) is 25.0 Å². The predicted molar refractivity (Wildman–Crippen MR) is 92.7 cm³/mol. The van der Waals surface area contributed by atoms with Crippen LogP contribution in [0.1, 0.15) is 17.3 Å². The van der Waals surface area contributed by atoms with Crippen LogP contribution in [0, 0.1) is 0 Å². The Morgan fingerprint density at radius 3 is 2.42 bits per heavy atom. The quantitative estimate of drug-likeness (QED) is 0.776. The minimum Gasteiger partial charge on any atom is -0.496 e. The van der Waals surface area contributed by atoms with Gasteiger partial charge in [0.1, 0.15) is 11.3 Å². The molecule has 0 saturated carbocycles. The summed E-state index contributed by atoms with van der Waals surface area (Å²) in [6.07, 6.45) is -0.952. The number of carbonyl (C=O) groups is 2. The number of hydrogen-bond donors (Lipinski definition) is 0. The highest BCUT2D eigenvalue weighted by molar-refractivity contribution is 6.31. The number of hydrogen-bond acceptors (Lipinski definition) is 4. The van der Waals surface area contributed by atoms with Crippen molar-refractivity contribution in [2.75, 3.05) is 19.1 Å². The lowest BCUT2D eigenvalue weighted by molar-refractivity contribution is -0.126. The average Bonchev–Trinajstić information content (AvgIpc) is 2.61. The van der Waals surface area contributed by atoms with Gasteiger partial charge in [-0.15, -0.1) is 0 Å². The summed E-state index contributed by atoms with van der Waals surface area (Å²) in [5, 5.41) is 0.378. The molecule has 1 amide bonds. The van der Waals surface area contributed by atoms with E-state index in [0.717, 1.165) is 0 Å². The topological polar surface area (TPSA) is 55.8 Å². The standard InChI is InChI=1S/C18H18ClNO4/c1-12(17(21)20(2)14-7-5-4-6-8-14)24-18(22)15-11-13(19)9-10-16(15)23-3/h4-12H,1-3H3/t12-/m1/s1. The minimum absolute atomic E-state index is 0.173. The molecule has 2 aromatic carbocycles. The molecule has 0 bridgehead atoms. The van der Waals surface area contributed by atoms with E-state index in [1.807, 2.05) is 18.2 Å². The van der Waals surface area contributed by atoms with Crippen molar-refractivity contribution in [1.29, 1.82) is 0 Å². The van der Waals surface area contributed by atoms with Crippen molar-refractivity contribution in [3.05, 3.63) is 59.1 Å². The van der Waals surface area contributed by atoms with E-state index in [0.29, 0.717) is 16.5 Å². The third-order valence-electron chi connectivity index (χ3n) is 3.49. The number of nitrogens with zero attached hydrogens (tertiary/aromatic N) is 1. The van der Waals surface area contributed by atoms with E-state index in [9.17, 15) is 9.59 Å². The van der Waals surface area contributed by atoms with Gasteiger partial charge < -0.3 is 14.4 Å². The van der Waals surface area contributed by atoms with Crippen LogP contribution in [0.25, 0.3) is 0 Å². The van der Waals surface area contributed by atoms with Crippen molar-refractivity contribution in [3.63, 3.8) is 0 Å². The second-order valence-corrected chi connectivity index (χ2v) is 5.56. The van der Waals surface area contributed by atoms with Gasteiger partial charge >= 0.3 is 5.97 Å². The summed E-state index contributed by atoms with van der Waals surface area (Å²) < 4.78 is 10.4. The number of benzene rings is 2. The monoisotopic (exact) mass is 347 g/mol. The van der Waals surface area contributed by atoms with Crippen molar-refractivity contribution in [1.82, 2.24) is 0 Å². The number of rotatable bonds is 5. The van der Waals surface area contributed by atoms with Crippen molar-refractivity contribution in [2.24, 2.45) is 0 Å². The molecule has 0 N–H and O–H groups in total. The molecule has 0 heterocycles. The highest BCUT2D eigenvalue weighted by atomic mass is 35.5. The van der Waals surface area contributed by atoms with Crippen LogP contribution >= 0.6 is 11.6 Å². The van der Waals surface area contributed by atoms with Gasteiger partial charge in [-0.3, -0.25) is 4.79 Å². The molecule has 0 aliphatic carbocycles. The van der Waals surface area contributed by atoms with Gasteiger partial charge in [0.15, 0.2) is 6.10 Å². The van der Waals surface area contributed by atoms with Crippen molar-refractivity contribution >= 4 is 29.2 Å². The minimum atomic E-state index is -0.952. The molecule has 0 saturated heterocycles. The first-order valence-electron chi connectivity index (χ1n) is 7.31. The molecule has 0 aliphatic heterocycles. The number of halogens is 1. The molecule has 126 valence electrons. The molecule has 2 rings (SSSR count). The zero-order chi connectivity index (χ0) is 17.7. The number of likely N-dealkylation sites (N-methyl/N-ethyl adjacent to an activating group) is 1. The van der Waals surface area contributed by atoms with Gasteiger partial charge in [-0.05, 0) is 37.3 Å². The Balaban J connectivity index is 2.11. The molecule has 0 aromatic heterocycles. The van der Waals surface area contributed by atoms with Gasteiger partial charge in [0.2, 0.25) is 0 Å². The first-order chi connectivity index (χ1) is 11.4. The SMILES string of the molecule is COc1ccc(Cl)cc1C(=O)O[C@H](C)C(=O)N(C)c1ccccc1. The van der Waals surface area contributed by atoms with Crippen LogP contribution in [0.3, 0.4) is 0 Å². The van der Waals surface area contributed by atoms with Crippen molar-refractivity contribution in [2.45, 2.75) is 13.0 Å². The predicted octanol–water partition coefficient (Wildman–Crippen LogP) is 3.56. The number of para-hydroxylation sites is 1. The summed E-state index contributed by atoms with van der Waals surface area (Å²) in [5.41, 5.74) is 0.887. The van der Waals surface area contributed by atoms with Crippen LogP contribution in [-0.4, -0.2) is 32.1 Å². The Labute approximate surface area is 145 Å². The van der Waals surface area contributed by atoms with Gasteiger partial charge in [-0.1, -0.05) is 29.8 Å². The van der Waals surface area contributed by atoms with Crippen LogP contribution in [0.4, 0.5) is 5.69 Å². The lowest BCUT2D eigenvalue weighted by atomic mass is 10.2. The molecule has 6 heteroatoms. The fourth-order valence-corrected chi connectivity index (χ4v) is 2.34. The number of esters is 1. The maximum absolute atomic E-state index is 12.4. The lowest BCUT2D eigenvalue weighted by Crippen LogP contribution is -2.37. The van der Waals surface area contributed by atoms with Gasteiger partial charge in [0.05, 0.1) is 7.11 Å². The molecule has 1 atom stereocenters. The first-order valence-corrected chi connectivity index (χ1v) is 7.69. The van der Waals surface area contributed by atoms with Gasteiger partial charge in [0, 0.05) is 17.8 Å². The normalized spacial score (nSPS) is 11.5. The summed E-state index contributed by atoms with van der Waals surface area (Å²) >= 11 is 5.91. The van der Waals surface area contributed by atoms with E-state index in [-0.39, 0.29) is 11.5 Å². The zero-order valence-electron chi connectivity index (χ0n) is 13.7. The van der Waals surface area contributed by atoms with E-state index in [2.05, 4.69) is 0 Å².